The summed E-state index contributed by atoms with van der Waals surface area (Å²) in [6.45, 7) is 0. The number of rotatable bonds is 2. The van der Waals surface area contributed by atoms with Gasteiger partial charge in [0.15, 0.2) is 0 Å². The summed E-state index contributed by atoms with van der Waals surface area (Å²) in [7, 11) is 0. The summed E-state index contributed by atoms with van der Waals surface area (Å²) in [6, 6.07) is 6.84. The van der Waals surface area contributed by atoms with Crippen LogP contribution in [0.3, 0.4) is 0 Å². The highest BCUT2D eigenvalue weighted by Gasteiger charge is 2.12. The molecular weight excluding hydrogens is 329 g/mol. The average Bonchev–Trinajstić information content (AvgIpc) is 2.47. The summed E-state index contributed by atoms with van der Waals surface area (Å²) >= 11 is 3.13. The Hall–Kier alpha value is -2.28. The van der Waals surface area contributed by atoms with Crippen LogP contribution >= 0.6 is 15.9 Å². The van der Waals surface area contributed by atoms with E-state index in [0.717, 1.165) is 6.07 Å². The van der Waals surface area contributed by atoms with Gasteiger partial charge in [-0.15, -0.1) is 0 Å². The number of hydrazine groups is 1. The van der Waals surface area contributed by atoms with Crippen LogP contribution in [0.5, 0.6) is 0 Å². The van der Waals surface area contributed by atoms with Gasteiger partial charge in [-0.2, -0.15) is 0 Å². The number of pyridine rings is 1. The molecule has 0 spiro atoms. The van der Waals surface area contributed by atoms with Crippen molar-refractivity contribution in [3.63, 3.8) is 0 Å². The van der Waals surface area contributed by atoms with Gasteiger partial charge in [-0.3, -0.25) is 25.4 Å². The third-order valence-electron chi connectivity index (χ3n) is 2.39. The number of benzene rings is 1. The maximum atomic E-state index is 13.1. The molecule has 0 radical (unpaired) electrons. The van der Waals surface area contributed by atoms with E-state index in [9.17, 15) is 14.0 Å². The molecule has 5 nitrogen and oxygen atoms in total. The van der Waals surface area contributed by atoms with E-state index in [1.165, 1.54) is 24.5 Å². The summed E-state index contributed by atoms with van der Waals surface area (Å²) in [4.78, 5) is 27.3. The van der Waals surface area contributed by atoms with Crippen molar-refractivity contribution in [3.05, 3.63) is 64.1 Å². The van der Waals surface area contributed by atoms with Crippen LogP contribution in [-0.4, -0.2) is 16.8 Å². The number of amides is 2. The quantitative estimate of drug-likeness (QED) is 0.824. The van der Waals surface area contributed by atoms with Crippen LogP contribution in [0.2, 0.25) is 0 Å². The van der Waals surface area contributed by atoms with Crippen molar-refractivity contribution < 1.29 is 14.0 Å². The van der Waals surface area contributed by atoms with Crippen molar-refractivity contribution in [3.8, 4) is 0 Å². The SMILES string of the molecule is O=C(NNC(=O)c1cc(F)ccc1Br)c1cccnc1. The molecule has 0 fully saturated rings. The lowest BCUT2D eigenvalue weighted by Gasteiger charge is -2.08. The van der Waals surface area contributed by atoms with E-state index in [1.54, 1.807) is 12.1 Å². The van der Waals surface area contributed by atoms with E-state index in [0.29, 0.717) is 10.0 Å². The number of nitrogens with one attached hydrogen (secondary N) is 2. The Labute approximate surface area is 122 Å². The summed E-state index contributed by atoms with van der Waals surface area (Å²) in [5.74, 6) is -1.69. The maximum absolute atomic E-state index is 13.1. The van der Waals surface area contributed by atoms with Gasteiger partial charge in [0.2, 0.25) is 0 Å². The van der Waals surface area contributed by atoms with Gasteiger partial charge in [0.1, 0.15) is 5.82 Å². The molecule has 2 rings (SSSR count). The summed E-state index contributed by atoms with van der Waals surface area (Å²) in [6.07, 6.45) is 2.89. The minimum absolute atomic E-state index is 0.0801. The fourth-order valence-electron chi connectivity index (χ4n) is 1.42. The van der Waals surface area contributed by atoms with Crippen LogP contribution in [0.25, 0.3) is 0 Å². The molecule has 20 heavy (non-hydrogen) atoms. The van der Waals surface area contributed by atoms with Gasteiger partial charge >= 0.3 is 0 Å². The Morgan fingerprint density at radius 3 is 2.60 bits per heavy atom. The van der Waals surface area contributed by atoms with Crippen molar-refractivity contribution >= 4 is 27.7 Å². The first kappa shape index (κ1) is 14.1. The Morgan fingerprint density at radius 2 is 1.90 bits per heavy atom. The van der Waals surface area contributed by atoms with Crippen LogP contribution < -0.4 is 10.9 Å². The van der Waals surface area contributed by atoms with Crippen molar-refractivity contribution in [2.45, 2.75) is 0 Å². The molecule has 0 atom stereocenters. The Balaban J connectivity index is 2.02. The van der Waals surface area contributed by atoms with Crippen molar-refractivity contribution in [1.82, 2.24) is 15.8 Å². The van der Waals surface area contributed by atoms with Crippen LogP contribution in [-0.2, 0) is 0 Å². The van der Waals surface area contributed by atoms with E-state index in [-0.39, 0.29) is 5.56 Å². The molecule has 0 aliphatic carbocycles. The van der Waals surface area contributed by atoms with Crippen molar-refractivity contribution in [2.24, 2.45) is 0 Å². The molecule has 1 aromatic heterocycles. The number of carbonyl (C=O) groups is 2. The van der Waals surface area contributed by atoms with E-state index in [4.69, 9.17) is 0 Å². The van der Waals surface area contributed by atoms with Crippen LogP contribution in [0, 0.1) is 5.82 Å². The molecule has 2 aromatic rings. The van der Waals surface area contributed by atoms with Gasteiger partial charge in [0, 0.05) is 16.9 Å². The second-order valence-corrected chi connectivity index (χ2v) is 4.63. The third-order valence-corrected chi connectivity index (χ3v) is 3.08. The zero-order chi connectivity index (χ0) is 14.5. The number of nitrogens with zero attached hydrogens (tertiary/aromatic N) is 1. The lowest BCUT2D eigenvalue weighted by Crippen LogP contribution is -2.41. The molecule has 1 aromatic carbocycles. The summed E-state index contributed by atoms with van der Waals surface area (Å²) in [5.41, 5.74) is 4.80. The van der Waals surface area contributed by atoms with Gasteiger partial charge < -0.3 is 0 Å². The Bertz CT molecular complexity index is 649. The minimum Gasteiger partial charge on any atom is -0.267 e. The molecule has 2 N–H and O–H groups in total. The number of halogens is 2. The third kappa shape index (κ3) is 3.39. The lowest BCUT2D eigenvalue weighted by molar-refractivity contribution is 0.0846. The topological polar surface area (TPSA) is 71.1 Å². The minimum atomic E-state index is -0.631. The van der Waals surface area contributed by atoms with Crippen LogP contribution in [0.1, 0.15) is 20.7 Å². The number of hydrogen-bond acceptors (Lipinski definition) is 3. The normalized spacial score (nSPS) is 9.90. The molecule has 0 aliphatic heterocycles. The number of hydrogen-bond donors (Lipinski definition) is 2. The second-order valence-electron chi connectivity index (χ2n) is 3.77. The maximum Gasteiger partial charge on any atom is 0.271 e. The van der Waals surface area contributed by atoms with Crippen molar-refractivity contribution in [2.75, 3.05) is 0 Å². The summed E-state index contributed by atoms with van der Waals surface area (Å²) < 4.78 is 13.5. The molecule has 0 saturated heterocycles. The molecule has 0 saturated carbocycles. The first-order chi connectivity index (χ1) is 9.58. The molecule has 102 valence electrons. The number of aromatic nitrogens is 1. The summed E-state index contributed by atoms with van der Waals surface area (Å²) in [5, 5.41) is 0. The Kier molecular flexibility index (Phi) is 4.41. The molecule has 2 amide bonds. The molecule has 0 unspecified atom stereocenters. The zero-order valence-electron chi connectivity index (χ0n) is 10.1. The smallest absolute Gasteiger partial charge is 0.267 e. The van der Waals surface area contributed by atoms with Gasteiger partial charge in [-0.05, 0) is 46.3 Å². The molecule has 7 heteroatoms. The largest absolute Gasteiger partial charge is 0.271 e. The first-order valence-corrected chi connectivity index (χ1v) is 6.33. The Morgan fingerprint density at radius 1 is 1.15 bits per heavy atom. The van der Waals surface area contributed by atoms with Crippen LogP contribution in [0.4, 0.5) is 4.39 Å². The van der Waals surface area contributed by atoms with E-state index < -0.39 is 17.6 Å². The van der Waals surface area contributed by atoms with Gasteiger partial charge in [-0.1, -0.05) is 0 Å². The van der Waals surface area contributed by atoms with E-state index in [1.807, 2.05) is 0 Å². The zero-order valence-corrected chi connectivity index (χ0v) is 11.6. The van der Waals surface area contributed by atoms with Gasteiger partial charge in [-0.25, -0.2) is 4.39 Å². The van der Waals surface area contributed by atoms with E-state index >= 15 is 0 Å². The molecule has 0 bridgehead atoms. The standard InChI is InChI=1S/C13H9BrFN3O2/c14-11-4-3-9(15)6-10(11)13(20)18-17-12(19)8-2-1-5-16-7-8/h1-7H,(H,17,19)(H,18,20). The fraction of sp³-hybridized carbons (Fsp3) is 0. The highest BCUT2D eigenvalue weighted by molar-refractivity contribution is 9.10. The fourth-order valence-corrected chi connectivity index (χ4v) is 1.85. The van der Waals surface area contributed by atoms with Crippen molar-refractivity contribution in [1.29, 1.82) is 0 Å². The van der Waals surface area contributed by atoms with Crippen LogP contribution in [0.15, 0.2) is 47.2 Å². The predicted molar refractivity (Wildman–Crippen MR) is 73.3 cm³/mol. The predicted octanol–water partition coefficient (Wildman–Crippen LogP) is 2.06. The van der Waals surface area contributed by atoms with Gasteiger partial charge in [0.25, 0.3) is 11.8 Å². The average molecular weight is 338 g/mol. The monoisotopic (exact) mass is 337 g/mol. The van der Waals surface area contributed by atoms with Gasteiger partial charge in [0.05, 0.1) is 11.1 Å². The van der Waals surface area contributed by atoms with E-state index in [2.05, 4.69) is 31.8 Å². The molecular formula is C13H9BrFN3O2. The first-order valence-electron chi connectivity index (χ1n) is 5.53. The highest BCUT2D eigenvalue weighted by atomic mass is 79.9. The molecule has 0 aliphatic rings. The lowest BCUT2D eigenvalue weighted by atomic mass is 10.2. The number of carbonyl (C=O) groups excluding carboxylic acids is 2. The highest BCUT2D eigenvalue weighted by Crippen LogP contribution is 2.17. The molecule has 1 heterocycles. The second kappa shape index (κ2) is 6.25.